The fraction of sp³-hybridized carbons (Fsp3) is 0.647. The molecule has 2 saturated carbocycles. The minimum Gasteiger partial charge on any atom is -0.330 e. The molecule has 1 nitrogen and oxygen atoms in total. The van der Waals surface area contributed by atoms with E-state index in [4.69, 9.17) is 5.73 Å². The molecule has 3 atom stereocenters. The molecule has 98 valence electrons. The van der Waals surface area contributed by atoms with Crippen molar-refractivity contribution in [3.8, 4) is 0 Å². The zero-order valence-corrected chi connectivity index (χ0v) is 11.7. The molecule has 0 amide bonds. The highest BCUT2D eigenvalue weighted by molar-refractivity contribution is 5.32. The lowest BCUT2D eigenvalue weighted by molar-refractivity contribution is 0.171. The van der Waals surface area contributed by atoms with E-state index in [1.807, 2.05) is 0 Å². The van der Waals surface area contributed by atoms with Gasteiger partial charge < -0.3 is 5.73 Å². The molecule has 0 heterocycles. The van der Waals surface area contributed by atoms with E-state index in [9.17, 15) is 0 Å². The number of rotatable bonds is 3. The Morgan fingerprint density at radius 1 is 1.28 bits per heavy atom. The first-order chi connectivity index (χ1) is 8.63. The first-order valence-electron chi connectivity index (χ1n) is 7.39. The smallest absolute Gasteiger partial charge is 0.00146 e. The second kappa shape index (κ2) is 4.38. The molecule has 0 spiro atoms. The van der Waals surface area contributed by atoms with Crippen molar-refractivity contribution in [2.45, 2.75) is 46.0 Å². The molecule has 2 fully saturated rings. The van der Waals surface area contributed by atoms with E-state index < -0.39 is 0 Å². The number of nitrogens with two attached hydrogens (primary N) is 1. The van der Waals surface area contributed by atoms with Gasteiger partial charge in [-0.05, 0) is 74.5 Å². The van der Waals surface area contributed by atoms with Crippen LogP contribution in [0, 0.1) is 31.1 Å². The summed E-state index contributed by atoms with van der Waals surface area (Å²) in [5.74, 6) is 1.87. The Morgan fingerprint density at radius 3 is 2.72 bits per heavy atom. The Morgan fingerprint density at radius 2 is 2.11 bits per heavy atom. The monoisotopic (exact) mass is 243 g/mol. The van der Waals surface area contributed by atoms with Crippen LogP contribution < -0.4 is 5.73 Å². The summed E-state index contributed by atoms with van der Waals surface area (Å²) in [7, 11) is 0. The molecule has 0 aromatic heterocycles. The van der Waals surface area contributed by atoms with Gasteiger partial charge in [-0.25, -0.2) is 0 Å². The zero-order chi connectivity index (χ0) is 12.8. The van der Waals surface area contributed by atoms with E-state index in [-0.39, 0.29) is 0 Å². The minimum atomic E-state index is 0.418. The van der Waals surface area contributed by atoms with Gasteiger partial charge in [0, 0.05) is 0 Å². The van der Waals surface area contributed by atoms with Crippen LogP contribution in [0.25, 0.3) is 0 Å². The van der Waals surface area contributed by atoms with Gasteiger partial charge in [0.15, 0.2) is 0 Å². The van der Waals surface area contributed by atoms with Crippen LogP contribution in [0.4, 0.5) is 0 Å². The van der Waals surface area contributed by atoms with E-state index in [0.29, 0.717) is 5.41 Å². The first kappa shape index (κ1) is 12.2. The fourth-order valence-electron chi connectivity index (χ4n) is 4.47. The molecule has 2 bridgehead atoms. The Hall–Kier alpha value is -0.820. The third-order valence-corrected chi connectivity index (χ3v) is 5.56. The molecule has 1 aromatic rings. The van der Waals surface area contributed by atoms with Crippen molar-refractivity contribution in [1.29, 1.82) is 0 Å². The standard InChI is InChI=1S/C17H25N/c1-12-3-4-13(2)15(7-12)10-17(11-18)9-14-5-6-16(17)8-14/h3-4,7,14,16H,5-6,8-11,18H2,1-2H3. The summed E-state index contributed by atoms with van der Waals surface area (Å²) in [4.78, 5) is 0. The molecule has 0 radical (unpaired) electrons. The number of aryl methyl sites for hydroxylation is 2. The van der Waals surface area contributed by atoms with Crippen LogP contribution in [-0.4, -0.2) is 6.54 Å². The highest BCUT2D eigenvalue weighted by Crippen LogP contribution is 2.56. The SMILES string of the molecule is Cc1ccc(C)c(CC2(CN)CC3CCC2C3)c1. The summed E-state index contributed by atoms with van der Waals surface area (Å²) in [6.45, 7) is 5.31. The maximum Gasteiger partial charge on any atom is -0.00146 e. The molecule has 1 aromatic carbocycles. The van der Waals surface area contributed by atoms with E-state index in [1.165, 1.54) is 48.8 Å². The van der Waals surface area contributed by atoms with Gasteiger partial charge in [0.05, 0.1) is 0 Å². The summed E-state index contributed by atoms with van der Waals surface area (Å²) >= 11 is 0. The maximum absolute atomic E-state index is 6.19. The summed E-state index contributed by atoms with van der Waals surface area (Å²) < 4.78 is 0. The number of benzene rings is 1. The van der Waals surface area contributed by atoms with E-state index in [2.05, 4.69) is 32.0 Å². The quantitative estimate of drug-likeness (QED) is 0.862. The van der Waals surface area contributed by atoms with Gasteiger partial charge in [0.1, 0.15) is 0 Å². The minimum absolute atomic E-state index is 0.418. The van der Waals surface area contributed by atoms with Crippen molar-refractivity contribution in [2.75, 3.05) is 6.54 Å². The second-order valence-corrected chi connectivity index (χ2v) is 6.75. The third kappa shape index (κ3) is 1.89. The molecule has 3 rings (SSSR count). The lowest BCUT2D eigenvalue weighted by Crippen LogP contribution is -2.38. The highest BCUT2D eigenvalue weighted by Gasteiger charge is 2.49. The summed E-state index contributed by atoms with van der Waals surface area (Å²) in [5.41, 5.74) is 11.0. The van der Waals surface area contributed by atoms with Gasteiger partial charge >= 0.3 is 0 Å². The average molecular weight is 243 g/mol. The molecule has 3 unspecified atom stereocenters. The van der Waals surface area contributed by atoms with Crippen LogP contribution in [0.1, 0.15) is 42.4 Å². The molecule has 0 saturated heterocycles. The normalized spacial score (nSPS) is 34.2. The Bertz CT molecular complexity index is 451. The first-order valence-corrected chi connectivity index (χ1v) is 7.39. The Labute approximate surface area is 111 Å². The molecular weight excluding hydrogens is 218 g/mol. The van der Waals surface area contributed by atoms with Gasteiger partial charge in [0.2, 0.25) is 0 Å². The lowest BCUT2D eigenvalue weighted by atomic mass is 9.69. The second-order valence-electron chi connectivity index (χ2n) is 6.75. The van der Waals surface area contributed by atoms with Crippen LogP contribution in [0.2, 0.25) is 0 Å². The molecule has 1 heteroatoms. The van der Waals surface area contributed by atoms with Crippen molar-refractivity contribution >= 4 is 0 Å². The molecule has 0 aliphatic heterocycles. The van der Waals surface area contributed by atoms with E-state index in [1.54, 1.807) is 0 Å². The summed E-state index contributed by atoms with van der Waals surface area (Å²) in [6, 6.07) is 6.86. The van der Waals surface area contributed by atoms with E-state index >= 15 is 0 Å². The van der Waals surface area contributed by atoms with Crippen molar-refractivity contribution in [2.24, 2.45) is 23.0 Å². The molecule has 18 heavy (non-hydrogen) atoms. The van der Waals surface area contributed by atoms with Crippen molar-refractivity contribution in [1.82, 2.24) is 0 Å². The summed E-state index contributed by atoms with van der Waals surface area (Å²) in [6.07, 6.45) is 6.91. The largest absolute Gasteiger partial charge is 0.330 e. The lowest BCUT2D eigenvalue weighted by Gasteiger charge is -2.37. The van der Waals surface area contributed by atoms with Gasteiger partial charge in [-0.1, -0.05) is 30.2 Å². The third-order valence-electron chi connectivity index (χ3n) is 5.56. The van der Waals surface area contributed by atoms with Crippen LogP contribution in [0.5, 0.6) is 0 Å². The predicted octanol–water partition coefficient (Wildman–Crippen LogP) is 3.61. The van der Waals surface area contributed by atoms with Crippen molar-refractivity contribution in [3.63, 3.8) is 0 Å². The van der Waals surface area contributed by atoms with Gasteiger partial charge in [-0.3, -0.25) is 0 Å². The van der Waals surface area contributed by atoms with Gasteiger partial charge in [0.25, 0.3) is 0 Å². The molecule has 2 aliphatic carbocycles. The van der Waals surface area contributed by atoms with Gasteiger partial charge in [-0.15, -0.1) is 0 Å². The van der Waals surface area contributed by atoms with Gasteiger partial charge in [-0.2, -0.15) is 0 Å². The van der Waals surface area contributed by atoms with Crippen molar-refractivity contribution in [3.05, 3.63) is 34.9 Å². The maximum atomic E-state index is 6.19. The summed E-state index contributed by atoms with van der Waals surface area (Å²) in [5, 5.41) is 0. The highest BCUT2D eigenvalue weighted by atomic mass is 14.7. The van der Waals surface area contributed by atoms with Crippen molar-refractivity contribution < 1.29 is 0 Å². The average Bonchev–Trinajstić information content (AvgIpc) is 2.94. The molecule has 2 N–H and O–H groups in total. The molecule has 2 aliphatic rings. The Balaban J connectivity index is 1.88. The Kier molecular flexibility index (Phi) is 2.97. The topological polar surface area (TPSA) is 26.0 Å². The van der Waals surface area contributed by atoms with Crippen LogP contribution in [-0.2, 0) is 6.42 Å². The fourth-order valence-corrected chi connectivity index (χ4v) is 4.47. The predicted molar refractivity (Wildman–Crippen MR) is 76.6 cm³/mol. The molecular formula is C17H25N. The zero-order valence-electron chi connectivity index (χ0n) is 11.7. The number of hydrogen-bond donors (Lipinski definition) is 1. The van der Waals surface area contributed by atoms with Crippen LogP contribution in [0.3, 0.4) is 0 Å². The number of hydrogen-bond acceptors (Lipinski definition) is 1. The number of fused-ring (bicyclic) bond motifs is 2. The van der Waals surface area contributed by atoms with Crippen LogP contribution in [0.15, 0.2) is 18.2 Å². The van der Waals surface area contributed by atoms with E-state index in [0.717, 1.165) is 18.4 Å². The van der Waals surface area contributed by atoms with Crippen LogP contribution >= 0.6 is 0 Å².